The van der Waals surface area contributed by atoms with Gasteiger partial charge in [-0.2, -0.15) is 0 Å². The molecule has 1 rings (SSSR count). The van der Waals surface area contributed by atoms with E-state index in [-0.39, 0.29) is 37.7 Å². The van der Waals surface area contributed by atoms with Gasteiger partial charge in [0.2, 0.25) is 0 Å². The van der Waals surface area contributed by atoms with E-state index >= 15 is 0 Å². The fraction of sp³-hybridized carbons (Fsp3) is 0.455. The summed E-state index contributed by atoms with van der Waals surface area (Å²) in [4.78, 5) is 13.7. The third-order valence-electron chi connectivity index (χ3n) is 1.56. The zero-order valence-corrected chi connectivity index (χ0v) is 8.52. The van der Waals surface area contributed by atoms with Crippen LogP contribution in [0.25, 0.3) is 0 Å². The van der Waals surface area contributed by atoms with Gasteiger partial charge in [-0.3, -0.25) is 9.78 Å². The number of rotatable bonds is 4. The van der Waals surface area contributed by atoms with Crippen molar-refractivity contribution < 1.29 is 9.90 Å². The minimum atomic E-state index is -0.682. The van der Waals surface area contributed by atoms with Crippen LogP contribution in [0.3, 0.4) is 0 Å². The van der Waals surface area contributed by atoms with Crippen LogP contribution in [-0.2, 0) is 4.79 Å². The second kappa shape index (κ2) is 13.9. The van der Waals surface area contributed by atoms with Crippen molar-refractivity contribution in [3.63, 3.8) is 0 Å². The van der Waals surface area contributed by atoms with Crippen LogP contribution in [0.1, 0.15) is 32.6 Å². The Hall–Kier alpha value is -0.120. The molecular formula is C11H19CaNO2. The van der Waals surface area contributed by atoms with Crippen LogP contribution in [0.5, 0.6) is 0 Å². The van der Waals surface area contributed by atoms with Gasteiger partial charge < -0.3 is 5.11 Å². The average Bonchev–Trinajstić information content (AvgIpc) is 2.21. The molecule has 1 N–H and O–H groups in total. The monoisotopic (exact) mass is 237 g/mol. The first kappa shape index (κ1) is 17.3. The smallest absolute Gasteiger partial charge is 0.0267 e. The molecule has 0 amide bonds. The molecule has 0 spiro atoms. The zero-order valence-electron chi connectivity index (χ0n) is 8.52. The number of hydrogen-bond acceptors (Lipinski definition) is 2. The van der Waals surface area contributed by atoms with E-state index in [1.54, 1.807) is 12.4 Å². The summed E-state index contributed by atoms with van der Waals surface area (Å²) in [5.41, 5.74) is 0. The van der Waals surface area contributed by atoms with Gasteiger partial charge in [0.25, 0.3) is 0 Å². The Morgan fingerprint density at radius 1 is 1.20 bits per heavy atom. The van der Waals surface area contributed by atoms with E-state index in [1.165, 1.54) is 0 Å². The molecule has 0 aliphatic heterocycles. The number of aliphatic carboxylic acids is 1. The predicted octanol–water partition coefficient (Wildman–Crippen LogP) is 1.82. The van der Waals surface area contributed by atoms with Gasteiger partial charge in [-0.25, -0.2) is 0 Å². The molecule has 0 saturated heterocycles. The molecule has 1 heterocycles. The van der Waals surface area contributed by atoms with Crippen molar-refractivity contribution in [1.29, 1.82) is 0 Å². The molecule has 0 radical (unpaired) electrons. The molecule has 1 aromatic heterocycles. The van der Waals surface area contributed by atoms with E-state index in [1.807, 2.05) is 18.2 Å². The van der Waals surface area contributed by atoms with Gasteiger partial charge in [0.05, 0.1) is 0 Å². The fourth-order valence-electron chi connectivity index (χ4n) is 0.839. The summed E-state index contributed by atoms with van der Waals surface area (Å²) in [5, 5.41) is 8.14. The van der Waals surface area contributed by atoms with Crippen molar-refractivity contribution in [1.82, 2.24) is 4.98 Å². The van der Waals surface area contributed by atoms with Crippen LogP contribution in [0, 0.1) is 0 Å². The number of carboxylic acid groups (broad SMARTS) is 1. The maximum atomic E-state index is 9.87. The van der Waals surface area contributed by atoms with Crippen molar-refractivity contribution in [2.24, 2.45) is 0 Å². The van der Waals surface area contributed by atoms with Crippen LogP contribution in [0.4, 0.5) is 0 Å². The number of aromatic nitrogens is 1. The number of carboxylic acids is 1. The van der Waals surface area contributed by atoms with E-state index in [9.17, 15) is 4.79 Å². The molecule has 0 bridgehead atoms. The van der Waals surface area contributed by atoms with E-state index in [2.05, 4.69) is 11.9 Å². The molecule has 3 nitrogen and oxygen atoms in total. The van der Waals surface area contributed by atoms with Gasteiger partial charge >= 0.3 is 43.7 Å². The van der Waals surface area contributed by atoms with E-state index < -0.39 is 5.97 Å². The molecule has 82 valence electrons. The molecule has 4 heteroatoms. The number of unbranched alkanes of at least 4 members (excludes halogenated alkanes) is 2. The quantitative estimate of drug-likeness (QED) is 0.642. The summed E-state index contributed by atoms with van der Waals surface area (Å²) in [5.74, 6) is -0.682. The average molecular weight is 237 g/mol. The predicted molar refractivity (Wildman–Crippen MR) is 64.6 cm³/mol. The molecule has 0 aromatic carbocycles. The van der Waals surface area contributed by atoms with Crippen LogP contribution in [0.15, 0.2) is 30.6 Å². The van der Waals surface area contributed by atoms with Crippen LogP contribution >= 0.6 is 0 Å². The van der Waals surface area contributed by atoms with E-state index in [0.717, 1.165) is 19.3 Å². The van der Waals surface area contributed by atoms with Crippen LogP contribution < -0.4 is 0 Å². The maximum Gasteiger partial charge on any atom is 0.0267 e. The normalized spacial score (nSPS) is 8.07. The second-order valence-corrected chi connectivity index (χ2v) is 2.88. The summed E-state index contributed by atoms with van der Waals surface area (Å²) in [6.45, 7) is 2.06. The van der Waals surface area contributed by atoms with E-state index in [0.29, 0.717) is 6.42 Å². The summed E-state index contributed by atoms with van der Waals surface area (Å²) >= 11 is 0. The van der Waals surface area contributed by atoms with Gasteiger partial charge in [-0.1, -0.05) is 25.8 Å². The first-order chi connectivity index (χ1) is 6.77. The van der Waals surface area contributed by atoms with Crippen molar-refractivity contribution in [3.8, 4) is 0 Å². The minimum Gasteiger partial charge on any atom is -0.265 e. The van der Waals surface area contributed by atoms with Crippen molar-refractivity contribution >= 4 is 43.7 Å². The van der Waals surface area contributed by atoms with Gasteiger partial charge in [-0.15, -0.1) is 0 Å². The van der Waals surface area contributed by atoms with Crippen molar-refractivity contribution in [2.75, 3.05) is 0 Å². The number of nitrogens with zero attached hydrogens (tertiary/aromatic N) is 1. The molecule has 15 heavy (non-hydrogen) atoms. The summed E-state index contributed by atoms with van der Waals surface area (Å²) in [7, 11) is 0. The molecule has 0 fully saturated rings. The largest absolute Gasteiger partial charge is 0.265 e. The maximum absolute atomic E-state index is 9.87. The number of carbonyl (C=O) groups is 1. The Labute approximate surface area is 121 Å². The zero-order chi connectivity index (χ0) is 10.6. The molecule has 0 aliphatic carbocycles. The van der Waals surface area contributed by atoms with Crippen molar-refractivity contribution in [2.45, 2.75) is 32.6 Å². The SMILES string of the molecule is CCCCCC(=O)O.[CaH2].c1ccncc1. The van der Waals surface area contributed by atoms with Gasteiger partial charge in [0, 0.05) is 18.8 Å². The third kappa shape index (κ3) is 16.5. The molecule has 0 atom stereocenters. The topological polar surface area (TPSA) is 50.2 Å². The summed E-state index contributed by atoms with van der Waals surface area (Å²) in [6, 6.07) is 5.72. The minimum absolute atomic E-state index is 0. The van der Waals surface area contributed by atoms with E-state index in [4.69, 9.17) is 5.11 Å². The first-order valence-electron chi connectivity index (χ1n) is 4.84. The number of hydrogen-bond donors (Lipinski definition) is 1. The Morgan fingerprint density at radius 2 is 1.80 bits per heavy atom. The Morgan fingerprint density at radius 3 is 2.07 bits per heavy atom. The standard InChI is InChI=1S/C6H12O2.C5H5N.Ca.2H/c1-2-3-4-5-6(7)8;1-2-4-6-5-3-1;;;/h2-5H2,1H3,(H,7,8);1-5H;;;. The molecular weight excluding hydrogens is 218 g/mol. The molecule has 0 unspecified atom stereocenters. The number of pyridine rings is 1. The van der Waals surface area contributed by atoms with Crippen molar-refractivity contribution in [3.05, 3.63) is 30.6 Å². The van der Waals surface area contributed by atoms with Gasteiger partial charge in [-0.05, 0) is 18.6 Å². The molecule has 1 aromatic rings. The van der Waals surface area contributed by atoms with Crippen LogP contribution in [0.2, 0.25) is 0 Å². The third-order valence-corrected chi connectivity index (χ3v) is 1.56. The summed E-state index contributed by atoms with van der Waals surface area (Å²) in [6.07, 6.45) is 6.78. The summed E-state index contributed by atoms with van der Waals surface area (Å²) < 4.78 is 0. The molecule has 0 aliphatic rings. The Kier molecular flexibility index (Phi) is 16.0. The molecule has 0 saturated carbocycles. The fourth-order valence-corrected chi connectivity index (χ4v) is 0.839. The second-order valence-electron chi connectivity index (χ2n) is 2.88. The Bertz CT molecular complexity index is 203. The van der Waals surface area contributed by atoms with Gasteiger partial charge in [0.1, 0.15) is 0 Å². The van der Waals surface area contributed by atoms with Gasteiger partial charge in [0.15, 0.2) is 0 Å². The van der Waals surface area contributed by atoms with Crippen LogP contribution in [-0.4, -0.2) is 53.8 Å². The Balaban J connectivity index is 0. The first-order valence-corrected chi connectivity index (χ1v) is 4.84.